The Labute approximate surface area is 168 Å². The van der Waals surface area contributed by atoms with Crippen LogP contribution in [0.3, 0.4) is 0 Å². The number of amides is 1. The molecule has 3 aromatic carbocycles. The lowest BCUT2D eigenvalue weighted by Crippen LogP contribution is -2.46. The summed E-state index contributed by atoms with van der Waals surface area (Å²) in [6.45, 7) is 3.03. The van der Waals surface area contributed by atoms with Gasteiger partial charge in [-0.1, -0.05) is 18.2 Å². The van der Waals surface area contributed by atoms with Crippen molar-refractivity contribution in [2.24, 2.45) is 0 Å². The van der Waals surface area contributed by atoms with Gasteiger partial charge in [-0.15, -0.1) is 0 Å². The van der Waals surface area contributed by atoms with Gasteiger partial charge in [-0.2, -0.15) is 0 Å². The van der Waals surface area contributed by atoms with E-state index in [-0.39, 0.29) is 17.3 Å². The van der Waals surface area contributed by atoms with E-state index < -0.39 is 5.82 Å². The van der Waals surface area contributed by atoms with Crippen LogP contribution in [0.5, 0.6) is 0 Å². The summed E-state index contributed by atoms with van der Waals surface area (Å²) < 4.78 is 27.3. The molecule has 1 amide bonds. The molecule has 148 valence electrons. The van der Waals surface area contributed by atoms with E-state index >= 15 is 0 Å². The highest BCUT2D eigenvalue weighted by atomic mass is 19.1. The number of nitrogens with one attached hydrogen (secondary N) is 1. The SMILES string of the molecule is O=C(Nc1ccc(N2CCN(c3ccccc3F)CC2)cc1)c1cccc(F)c1. The maximum Gasteiger partial charge on any atom is 0.255 e. The first kappa shape index (κ1) is 18.9. The second-order valence-corrected chi connectivity index (χ2v) is 6.94. The Kier molecular flexibility index (Phi) is 5.42. The molecule has 0 saturated carbocycles. The second-order valence-electron chi connectivity index (χ2n) is 6.94. The molecule has 1 aliphatic heterocycles. The standard InChI is InChI=1S/C23H21F2N3O/c24-18-5-3-4-17(16-18)23(29)26-19-8-10-20(11-9-19)27-12-14-28(15-13-27)22-7-2-1-6-21(22)25/h1-11,16H,12-15H2,(H,26,29). The average Bonchev–Trinajstić information content (AvgIpc) is 2.75. The Bertz CT molecular complexity index is 999. The first-order valence-corrected chi connectivity index (χ1v) is 9.51. The highest BCUT2D eigenvalue weighted by Gasteiger charge is 2.19. The highest BCUT2D eigenvalue weighted by molar-refractivity contribution is 6.04. The lowest BCUT2D eigenvalue weighted by atomic mass is 10.2. The second kappa shape index (κ2) is 8.31. The van der Waals surface area contributed by atoms with Crippen molar-refractivity contribution in [2.75, 3.05) is 41.3 Å². The molecule has 4 rings (SSSR count). The summed E-state index contributed by atoms with van der Waals surface area (Å²) in [4.78, 5) is 16.5. The maximum atomic E-state index is 14.0. The first-order chi connectivity index (χ1) is 14.1. The van der Waals surface area contributed by atoms with Gasteiger partial charge in [0, 0.05) is 43.1 Å². The zero-order valence-electron chi connectivity index (χ0n) is 15.8. The molecule has 29 heavy (non-hydrogen) atoms. The molecular formula is C23H21F2N3O. The van der Waals surface area contributed by atoms with E-state index in [0.29, 0.717) is 11.4 Å². The largest absolute Gasteiger partial charge is 0.368 e. The average molecular weight is 393 g/mol. The van der Waals surface area contributed by atoms with Crippen LogP contribution in [0.15, 0.2) is 72.8 Å². The fourth-order valence-electron chi connectivity index (χ4n) is 3.50. The van der Waals surface area contributed by atoms with E-state index in [0.717, 1.165) is 31.9 Å². The van der Waals surface area contributed by atoms with Gasteiger partial charge in [0.1, 0.15) is 11.6 Å². The Hall–Kier alpha value is -3.41. The van der Waals surface area contributed by atoms with Crippen LogP contribution in [-0.4, -0.2) is 32.1 Å². The number of nitrogens with zero attached hydrogens (tertiary/aromatic N) is 2. The van der Waals surface area contributed by atoms with Crippen molar-refractivity contribution in [1.29, 1.82) is 0 Å². The number of para-hydroxylation sites is 1. The summed E-state index contributed by atoms with van der Waals surface area (Å²) in [5.74, 6) is -0.988. The number of hydrogen-bond acceptors (Lipinski definition) is 3. The van der Waals surface area contributed by atoms with Crippen LogP contribution < -0.4 is 15.1 Å². The van der Waals surface area contributed by atoms with Crippen LogP contribution >= 0.6 is 0 Å². The van der Waals surface area contributed by atoms with Crippen LogP contribution in [0.1, 0.15) is 10.4 Å². The Morgan fingerprint density at radius 1 is 0.793 bits per heavy atom. The number of anilines is 3. The molecule has 0 aliphatic carbocycles. The van der Waals surface area contributed by atoms with E-state index in [4.69, 9.17) is 0 Å². The van der Waals surface area contributed by atoms with Gasteiger partial charge in [0.15, 0.2) is 0 Å². The van der Waals surface area contributed by atoms with Crippen molar-refractivity contribution >= 4 is 23.0 Å². The fourth-order valence-corrected chi connectivity index (χ4v) is 3.50. The van der Waals surface area contributed by atoms with Crippen LogP contribution in [0.25, 0.3) is 0 Å². The first-order valence-electron chi connectivity index (χ1n) is 9.51. The monoisotopic (exact) mass is 393 g/mol. The lowest BCUT2D eigenvalue weighted by Gasteiger charge is -2.37. The molecule has 4 nitrogen and oxygen atoms in total. The van der Waals surface area contributed by atoms with Gasteiger partial charge in [0.05, 0.1) is 5.69 Å². The summed E-state index contributed by atoms with van der Waals surface area (Å²) in [5, 5.41) is 2.78. The van der Waals surface area contributed by atoms with Crippen LogP contribution in [0, 0.1) is 11.6 Å². The molecule has 0 unspecified atom stereocenters. The normalized spacial score (nSPS) is 14.0. The molecule has 0 spiro atoms. The molecule has 1 heterocycles. The van der Waals surface area contributed by atoms with Gasteiger partial charge in [-0.25, -0.2) is 8.78 Å². The Balaban J connectivity index is 1.36. The number of piperazine rings is 1. The molecule has 0 aromatic heterocycles. The van der Waals surface area contributed by atoms with Crippen molar-refractivity contribution < 1.29 is 13.6 Å². The summed E-state index contributed by atoms with van der Waals surface area (Å²) in [6, 6.07) is 20.0. The maximum absolute atomic E-state index is 14.0. The summed E-state index contributed by atoms with van der Waals surface area (Å²) in [6.07, 6.45) is 0. The quantitative estimate of drug-likeness (QED) is 0.707. The number of hydrogen-bond donors (Lipinski definition) is 1. The van der Waals surface area contributed by atoms with Gasteiger partial charge < -0.3 is 15.1 Å². The molecule has 1 saturated heterocycles. The van der Waals surface area contributed by atoms with E-state index in [1.165, 1.54) is 24.3 Å². The predicted octanol–water partition coefficient (Wildman–Crippen LogP) is 4.54. The third kappa shape index (κ3) is 4.37. The van der Waals surface area contributed by atoms with Crippen molar-refractivity contribution in [3.8, 4) is 0 Å². The van der Waals surface area contributed by atoms with E-state index in [1.54, 1.807) is 18.2 Å². The number of carbonyl (C=O) groups is 1. The van der Waals surface area contributed by atoms with Gasteiger partial charge in [0.2, 0.25) is 0 Å². The van der Waals surface area contributed by atoms with Crippen LogP contribution in [-0.2, 0) is 0 Å². The zero-order chi connectivity index (χ0) is 20.2. The minimum Gasteiger partial charge on any atom is -0.368 e. The third-order valence-corrected chi connectivity index (χ3v) is 5.05. The molecule has 3 aromatic rings. The Morgan fingerprint density at radius 2 is 1.48 bits per heavy atom. The zero-order valence-corrected chi connectivity index (χ0v) is 15.8. The summed E-state index contributed by atoms with van der Waals surface area (Å²) >= 11 is 0. The van der Waals surface area contributed by atoms with Crippen molar-refractivity contribution in [2.45, 2.75) is 0 Å². The molecule has 1 fully saturated rings. The molecule has 0 bridgehead atoms. The lowest BCUT2D eigenvalue weighted by molar-refractivity contribution is 0.102. The minimum atomic E-state index is -0.442. The molecular weight excluding hydrogens is 372 g/mol. The smallest absolute Gasteiger partial charge is 0.255 e. The van der Waals surface area contributed by atoms with E-state index in [2.05, 4.69) is 15.1 Å². The summed E-state index contributed by atoms with van der Waals surface area (Å²) in [7, 11) is 0. The summed E-state index contributed by atoms with van der Waals surface area (Å²) in [5.41, 5.74) is 2.61. The van der Waals surface area contributed by atoms with Gasteiger partial charge in [0.25, 0.3) is 5.91 Å². The van der Waals surface area contributed by atoms with Crippen molar-refractivity contribution in [3.05, 3.63) is 90.0 Å². The number of halogens is 2. The van der Waals surface area contributed by atoms with E-state index in [1.807, 2.05) is 30.3 Å². The molecule has 0 atom stereocenters. The molecule has 6 heteroatoms. The van der Waals surface area contributed by atoms with Gasteiger partial charge in [-0.05, 0) is 54.6 Å². The van der Waals surface area contributed by atoms with Crippen LogP contribution in [0.2, 0.25) is 0 Å². The van der Waals surface area contributed by atoms with Crippen molar-refractivity contribution in [3.63, 3.8) is 0 Å². The minimum absolute atomic E-state index is 0.195. The van der Waals surface area contributed by atoms with E-state index in [9.17, 15) is 13.6 Å². The Morgan fingerprint density at radius 3 is 2.17 bits per heavy atom. The van der Waals surface area contributed by atoms with Gasteiger partial charge in [-0.3, -0.25) is 4.79 Å². The molecule has 0 radical (unpaired) electrons. The predicted molar refractivity (Wildman–Crippen MR) is 112 cm³/mol. The number of rotatable bonds is 4. The van der Waals surface area contributed by atoms with Crippen LogP contribution in [0.4, 0.5) is 25.8 Å². The fraction of sp³-hybridized carbons (Fsp3) is 0.174. The number of benzene rings is 3. The highest BCUT2D eigenvalue weighted by Crippen LogP contribution is 2.24. The van der Waals surface area contributed by atoms with Crippen molar-refractivity contribution in [1.82, 2.24) is 0 Å². The van der Waals surface area contributed by atoms with Gasteiger partial charge >= 0.3 is 0 Å². The molecule has 1 aliphatic rings. The third-order valence-electron chi connectivity index (χ3n) is 5.05. The molecule has 1 N–H and O–H groups in total. The number of carbonyl (C=O) groups excluding carboxylic acids is 1. The topological polar surface area (TPSA) is 35.6 Å².